The van der Waals surface area contributed by atoms with E-state index in [0.29, 0.717) is 44.3 Å². The first-order valence-electron chi connectivity index (χ1n) is 10.1. The molecule has 1 heterocycles. The number of rotatable bonds is 6. The number of alkyl halides is 3. The Labute approximate surface area is 177 Å². The quantitative estimate of drug-likeness (QED) is 0.720. The minimum Gasteiger partial charge on any atom is -0.484 e. The van der Waals surface area contributed by atoms with Crippen molar-refractivity contribution in [2.24, 2.45) is 5.41 Å². The van der Waals surface area contributed by atoms with Gasteiger partial charge >= 0.3 is 6.18 Å². The Hall–Kier alpha value is -1.61. The summed E-state index contributed by atoms with van der Waals surface area (Å²) in [4.78, 5) is 14.8. The molecule has 5 nitrogen and oxygen atoms in total. The van der Waals surface area contributed by atoms with Crippen molar-refractivity contribution in [2.45, 2.75) is 63.0 Å². The SMILES string of the molecule is CC(C)S(=O)CC1(O)CCC2(CCN(c3ccc(OCC(F)(F)F)cc3)C2=O)CC1. The molecule has 168 valence electrons. The molecule has 0 aromatic heterocycles. The van der Waals surface area contributed by atoms with Crippen molar-refractivity contribution in [3.8, 4) is 5.75 Å². The Morgan fingerprint density at radius 1 is 1.13 bits per heavy atom. The van der Waals surface area contributed by atoms with Crippen molar-refractivity contribution in [1.29, 1.82) is 0 Å². The fourth-order valence-electron chi connectivity index (χ4n) is 4.19. The summed E-state index contributed by atoms with van der Waals surface area (Å²) in [6.07, 6.45) is -1.77. The molecule has 1 saturated heterocycles. The summed E-state index contributed by atoms with van der Waals surface area (Å²) < 4.78 is 53.7. The Morgan fingerprint density at radius 2 is 1.73 bits per heavy atom. The third-order valence-electron chi connectivity index (χ3n) is 6.14. The predicted molar refractivity (Wildman–Crippen MR) is 109 cm³/mol. The standard InChI is InChI=1S/C21H28F3NO4S/c1-15(2)30(28)14-20(27)9-7-19(8-10-20)11-12-25(18(19)26)16-3-5-17(6-4-16)29-13-21(22,23)24/h3-6,15,27H,7-14H2,1-2H3. The fourth-order valence-corrected chi connectivity index (χ4v) is 5.34. The summed E-state index contributed by atoms with van der Waals surface area (Å²) in [5.74, 6) is 0.315. The van der Waals surface area contributed by atoms with Gasteiger partial charge in [0.2, 0.25) is 5.91 Å². The number of nitrogens with zero attached hydrogens (tertiary/aromatic N) is 1. The molecule has 0 bridgehead atoms. The van der Waals surface area contributed by atoms with Gasteiger partial charge in [-0.2, -0.15) is 13.2 Å². The Bertz CT molecular complexity index is 786. The lowest BCUT2D eigenvalue weighted by atomic mass is 9.68. The molecule has 9 heteroatoms. The second-order valence-corrected chi connectivity index (χ2v) is 10.7. The minimum atomic E-state index is -4.40. The van der Waals surface area contributed by atoms with E-state index < -0.39 is 34.6 Å². The van der Waals surface area contributed by atoms with Gasteiger partial charge in [-0.05, 0) is 56.4 Å². The summed E-state index contributed by atoms with van der Waals surface area (Å²) in [5, 5.41) is 10.8. The average Bonchev–Trinajstić information content (AvgIpc) is 2.99. The van der Waals surface area contributed by atoms with E-state index in [9.17, 15) is 27.3 Å². The molecule has 1 amide bonds. The first-order chi connectivity index (χ1) is 13.9. The number of hydrogen-bond donors (Lipinski definition) is 1. The van der Waals surface area contributed by atoms with Crippen molar-refractivity contribution in [2.75, 3.05) is 23.8 Å². The van der Waals surface area contributed by atoms with Crippen LogP contribution in [0.15, 0.2) is 24.3 Å². The van der Waals surface area contributed by atoms with Gasteiger partial charge in [-0.25, -0.2) is 0 Å². The molecule has 1 atom stereocenters. The summed E-state index contributed by atoms with van der Waals surface area (Å²) >= 11 is 0. The normalized spacial score (nSPS) is 28.4. The molecule has 1 aromatic carbocycles. The van der Waals surface area contributed by atoms with Crippen LogP contribution in [0, 0.1) is 5.41 Å². The molecule has 30 heavy (non-hydrogen) atoms. The first kappa shape index (κ1) is 23.1. The van der Waals surface area contributed by atoms with E-state index in [1.54, 1.807) is 17.0 Å². The first-order valence-corrected chi connectivity index (χ1v) is 11.5. The minimum absolute atomic E-state index is 0.0153. The van der Waals surface area contributed by atoms with Gasteiger partial charge in [-0.15, -0.1) is 0 Å². The molecule has 1 aliphatic carbocycles. The highest BCUT2D eigenvalue weighted by molar-refractivity contribution is 7.85. The number of anilines is 1. The zero-order chi connectivity index (χ0) is 22.2. The van der Waals surface area contributed by atoms with Gasteiger partial charge in [0.05, 0.1) is 16.8 Å². The molecule has 1 aromatic rings. The average molecular weight is 448 g/mol. The van der Waals surface area contributed by atoms with Crippen LogP contribution >= 0.6 is 0 Å². The fraction of sp³-hybridized carbons (Fsp3) is 0.667. The summed E-state index contributed by atoms with van der Waals surface area (Å²) in [7, 11) is -1.10. The lowest BCUT2D eigenvalue weighted by Gasteiger charge is -2.40. The van der Waals surface area contributed by atoms with E-state index in [1.165, 1.54) is 12.1 Å². The van der Waals surface area contributed by atoms with Gasteiger partial charge in [0.15, 0.2) is 6.61 Å². The Balaban J connectivity index is 1.62. The highest BCUT2D eigenvalue weighted by Crippen LogP contribution is 2.49. The van der Waals surface area contributed by atoms with Gasteiger partial charge in [0, 0.05) is 28.3 Å². The third-order valence-corrected chi connectivity index (χ3v) is 8.01. The molecule has 1 N–H and O–H groups in total. The summed E-state index contributed by atoms with van der Waals surface area (Å²) in [6, 6.07) is 6.04. The molecule has 1 aliphatic heterocycles. The van der Waals surface area contributed by atoms with Gasteiger partial charge in [-0.3, -0.25) is 9.00 Å². The van der Waals surface area contributed by atoms with Gasteiger partial charge in [-0.1, -0.05) is 13.8 Å². The molecule has 2 aliphatic rings. The van der Waals surface area contributed by atoms with E-state index in [-0.39, 0.29) is 22.7 Å². The smallest absolute Gasteiger partial charge is 0.422 e. The number of amides is 1. The highest BCUT2D eigenvalue weighted by Gasteiger charge is 2.51. The van der Waals surface area contributed by atoms with Crippen LogP contribution in [0.1, 0.15) is 46.0 Å². The number of benzene rings is 1. The molecule has 2 fully saturated rings. The van der Waals surface area contributed by atoms with Crippen molar-refractivity contribution >= 4 is 22.4 Å². The largest absolute Gasteiger partial charge is 0.484 e. The number of halogens is 3. The second kappa shape index (κ2) is 8.49. The number of carbonyl (C=O) groups is 1. The van der Waals surface area contributed by atoms with E-state index in [4.69, 9.17) is 4.74 Å². The molecule has 1 unspecified atom stereocenters. The van der Waals surface area contributed by atoms with Crippen LogP contribution < -0.4 is 9.64 Å². The Morgan fingerprint density at radius 3 is 2.27 bits per heavy atom. The van der Waals surface area contributed by atoms with Crippen molar-refractivity contribution in [3.63, 3.8) is 0 Å². The molecular weight excluding hydrogens is 419 g/mol. The molecule has 0 radical (unpaired) electrons. The predicted octanol–water partition coefficient (Wildman–Crippen LogP) is 3.81. The lowest BCUT2D eigenvalue weighted by molar-refractivity contribution is -0.153. The lowest BCUT2D eigenvalue weighted by Crippen LogP contribution is -2.46. The topological polar surface area (TPSA) is 66.8 Å². The highest BCUT2D eigenvalue weighted by atomic mass is 32.2. The summed E-state index contributed by atoms with van der Waals surface area (Å²) in [5.41, 5.74) is -0.902. The molecule has 3 rings (SSSR count). The van der Waals surface area contributed by atoms with Crippen LogP contribution in [0.3, 0.4) is 0 Å². The monoisotopic (exact) mass is 447 g/mol. The van der Waals surface area contributed by atoms with E-state index in [2.05, 4.69) is 0 Å². The van der Waals surface area contributed by atoms with Crippen LogP contribution in [-0.4, -0.2) is 51.2 Å². The molecular formula is C21H28F3NO4S. The zero-order valence-corrected chi connectivity index (χ0v) is 18.0. The number of carbonyl (C=O) groups excluding carboxylic acids is 1. The van der Waals surface area contributed by atoms with Crippen molar-refractivity contribution < 1.29 is 32.0 Å². The van der Waals surface area contributed by atoms with Crippen LogP contribution in [0.4, 0.5) is 18.9 Å². The number of ether oxygens (including phenoxy) is 1. The van der Waals surface area contributed by atoms with Crippen LogP contribution in [0.5, 0.6) is 5.75 Å². The van der Waals surface area contributed by atoms with Crippen molar-refractivity contribution in [1.82, 2.24) is 0 Å². The van der Waals surface area contributed by atoms with E-state index in [0.717, 1.165) is 0 Å². The third kappa shape index (κ3) is 5.17. The maximum atomic E-state index is 13.2. The zero-order valence-electron chi connectivity index (χ0n) is 17.2. The Kier molecular flexibility index (Phi) is 6.53. The molecule has 1 saturated carbocycles. The molecule has 1 spiro atoms. The number of aliphatic hydroxyl groups is 1. The van der Waals surface area contributed by atoms with E-state index >= 15 is 0 Å². The number of hydrogen-bond acceptors (Lipinski definition) is 4. The van der Waals surface area contributed by atoms with Crippen LogP contribution in [0.2, 0.25) is 0 Å². The van der Waals surface area contributed by atoms with Crippen LogP contribution in [-0.2, 0) is 15.6 Å². The van der Waals surface area contributed by atoms with Gasteiger partial charge in [0.25, 0.3) is 0 Å². The van der Waals surface area contributed by atoms with E-state index in [1.807, 2.05) is 13.8 Å². The van der Waals surface area contributed by atoms with Crippen molar-refractivity contribution in [3.05, 3.63) is 24.3 Å². The van der Waals surface area contributed by atoms with Crippen LogP contribution in [0.25, 0.3) is 0 Å². The second-order valence-electron chi connectivity index (χ2n) is 8.68. The maximum absolute atomic E-state index is 13.2. The maximum Gasteiger partial charge on any atom is 0.422 e. The van der Waals surface area contributed by atoms with Gasteiger partial charge in [0.1, 0.15) is 5.75 Å². The van der Waals surface area contributed by atoms with Gasteiger partial charge < -0.3 is 14.7 Å². The summed E-state index contributed by atoms with van der Waals surface area (Å²) in [6.45, 7) is 2.89.